The van der Waals surface area contributed by atoms with Crippen molar-refractivity contribution in [3.8, 4) is 0 Å². The van der Waals surface area contributed by atoms with Gasteiger partial charge in [0.1, 0.15) is 11.4 Å². The molecule has 0 saturated heterocycles. The van der Waals surface area contributed by atoms with Gasteiger partial charge in [-0.2, -0.15) is 4.98 Å². The van der Waals surface area contributed by atoms with E-state index in [9.17, 15) is 18.9 Å². The molecule has 1 unspecified atom stereocenters. The van der Waals surface area contributed by atoms with E-state index in [1.807, 2.05) is 0 Å². The van der Waals surface area contributed by atoms with E-state index in [0.29, 0.717) is 29.4 Å². The number of carboxylic acid groups (broad SMARTS) is 1. The van der Waals surface area contributed by atoms with Crippen LogP contribution in [-0.4, -0.2) is 51.0 Å². The molecule has 6 N–H and O–H groups in total. The molecule has 0 bridgehead atoms. The van der Waals surface area contributed by atoms with Crippen molar-refractivity contribution in [1.82, 2.24) is 20.3 Å². The Bertz CT molecular complexity index is 1280. The molecule has 3 aromatic rings. The molecular weight excluding hydrogens is 461 g/mol. The standard InChI is InChI=1S/C22H28N5O6P/c1-3-33-34(2,32)16(10-11-17(28)29)25-20(30)14-7-4-13(5-8-14)6-9-15-12-24-19-18(15)21(31)27-22(23)26-19/h4-5,7-8,12,16H,3,6,9-11H2,1-2H3,(H,25,30)(H,28,29)(H4,23,24,26,27,31)/t16-,34?/m1/s1. The van der Waals surface area contributed by atoms with Gasteiger partial charge >= 0.3 is 5.97 Å². The topological polar surface area (TPSA) is 180 Å². The molecule has 2 heterocycles. The second kappa shape index (κ2) is 10.7. The normalized spacial score (nSPS) is 13.9. The lowest BCUT2D eigenvalue weighted by atomic mass is 10.0. The third-order valence-electron chi connectivity index (χ3n) is 5.42. The van der Waals surface area contributed by atoms with Crippen molar-refractivity contribution in [1.29, 1.82) is 0 Å². The number of carbonyl (C=O) groups is 2. The number of rotatable bonds is 11. The number of anilines is 1. The number of aromatic nitrogens is 3. The van der Waals surface area contributed by atoms with Gasteiger partial charge in [0.25, 0.3) is 11.5 Å². The van der Waals surface area contributed by atoms with Gasteiger partial charge in [0.15, 0.2) is 0 Å². The molecule has 12 heteroatoms. The molecule has 0 aliphatic heterocycles. The number of aliphatic carboxylic acids is 1. The van der Waals surface area contributed by atoms with Crippen LogP contribution in [-0.2, 0) is 26.7 Å². The summed E-state index contributed by atoms with van der Waals surface area (Å²) >= 11 is 0. The summed E-state index contributed by atoms with van der Waals surface area (Å²) in [5.74, 6) is -2.36. The highest BCUT2D eigenvalue weighted by Gasteiger charge is 2.31. The van der Waals surface area contributed by atoms with E-state index in [-0.39, 0.29) is 31.0 Å². The van der Waals surface area contributed by atoms with E-state index in [1.54, 1.807) is 37.4 Å². The SMILES string of the molecule is CCOP(C)(=O)[C@H](CCC(=O)O)NC(=O)c1ccc(CCc2c[nH]c3nc(N)[nH]c(=O)c23)cc1. The predicted molar refractivity (Wildman–Crippen MR) is 128 cm³/mol. The molecule has 0 spiro atoms. The number of H-pyrrole nitrogens is 2. The molecule has 3 rings (SSSR count). The zero-order valence-corrected chi connectivity index (χ0v) is 19.9. The Hall–Kier alpha value is -3.43. The first-order valence-corrected chi connectivity index (χ1v) is 12.9. The number of nitrogen functional groups attached to an aromatic ring is 1. The number of hydrogen-bond donors (Lipinski definition) is 5. The average Bonchev–Trinajstić information content (AvgIpc) is 3.18. The van der Waals surface area contributed by atoms with E-state index in [1.165, 1.54) is 6.66 Å². The van der Waals surface area contributed by atoms with Crippen molar-refractivity contribution < 1.29 is 23.8 Å². The summed E-state index contributed by atoms with van der Waals surface area (Å²) in [4.78, 5) is 45.4. The first-order valence-electron chi connectivity index (χ1n) is 10.8. The molecule has 2 atom stereocenters. The molecule has 0 saturated carbocycles. The minimum absolute atomic E-state index is 0.00278. The first-order chi connectivity index (χ1) is 16.1. The zero-order chi connectivity index (χ0) is 24.9. The number of nitrogens with two attached hydrogens (primary N) is 1. The molecule has 0 fully saturated rings. The Morgan fingerprint density at radius 1 is 1.26 bits per heavy atom. The summed E-state index contributed by atoms with van der Waals surface area (Å²) in [6.45, 7) is 3.27. The quantitative estimate of drug-likeness (QED) is 0.255. The summed E-state index contributed by atoms with van der Waals surface area (Å²) in [5.41, 5.74) is 7.80. The van der Waals surface area contributed by atoms with Gasteiger partial charge in [-0.1, -0.05) is 12.1 Å². The number of nitrogens with one attached hydrogen (secondary N) is 3. The fourth-order valence-corrected chi connectivity index (χ4v) is 5.33. The van der Waals surface area contributed by atoms with Gasteiger partial charge in [0.2, 0.25) is 13.3 Å². The molecule has 34 heavy (non-hydrogen) atoms. The molecular formula is C22H28N5O6P. The van der Waals surface area contributed by atoms with Crippen LogP contribution in [0.2, 0.25) is 0 Å². The third-order valence-corrected chi connectivity index (χ3v) is 7.71. The summed E-state index contributed by atoms with van der Waals surface area (Å²) in [6.07, 6.45) is 2.68. The monoisotopic (exact) mass is 489 g/mol. The average molecular weight is 489 g/mol. The lowest BCUT2D eigenvalue weighted by Crippen LogP contribution is -2.35. The number of fused-ring (bicyclic) bond motifs is 1. The van der Waals surface area contributed by atoms with Gasteiger partial charge in [0, 0.05) is 24.8 Å². The molecule has 0 aliphatic carbocycles. The van der Waals surface area contributed by atoms with Crippen LogP contribution in [0, 0.1) is 0 Å². The van der Waals surface area contributed by atoms with Crippen molar-refractivity contribution >= 4 is 36.2 Å². The highest BCUT2D eigenvalue weighted by atomic mass is 31.2. The highest BCUT2D eigenvalue weighted by molar-refractivity contribution is 7.58. The fraction of sp³-hybridized carbons (Fsp3) is 0.364. The number of aromatic amines is 2. The Morgan fingerprint density at radius 2 is 1.97 bits per heavy atom. The van der Waals surface area contributed by atoms with Crippen molar-refractivity contribution in [2.75, 3.05) is 19.0 Å². The van der Waals surface area contributed by atoms with Crippen molar-refractivity contribution in [3.05, 3.63) is 57.5 Å². The number of carboxylic acids is 1. The maximum atomic E-state index is 12.8. The maximum Gasteiger partial charge on any atom is 0.303 e. The molecule has 11 nitrogen and oxygen atoms in total. The first kappa shape index (κ1) is 25.2. The van der Waals surface area contributed by atoms with Crippen LogP contribution in [0.15, 0.2) is 35.3 Å². The van der Waals surface area contributed by atoms with Gasteiger partial charge in [0.05, 0.1) is 12.0 Å². The minimum Gasteiger partial charge on any atom is -0.481 e. The predicted octanol–water partition coefficient (Wildman–Crippen LogP) is 2.48. The summed E-state index contributed by atoms with van der Waals surface area (Å²) in [7, 11) is -3.25. The van der Waals surface area contributed by atoms with E-state index < -0.39 is 25.0 Å². The second-order valence-electron chi connectivity index (χ2n) is 7.93. The largest absolute Gasteiger partial charge is 0.481 e. The number of carbonyl (C=O) groups excluding carboxylic acids is 1. The third kappa shape index (κ3) is 6.12. The van der Waals surface area contributed by atoms with Crippen LogP contribution in [0.3, 0.4) is 0 Å². The fourth-order valence-electron chi connectivity index (χ4n) is 3.68. The summed E-state index contributed by atoms with van der Waals surface area (Å²) in [6, 6.07) is 6.88. The Balaban J connectivity index is 1.67. The zero-order valence-electron chi connectivity index (χ0n) is 19.0. The molecule has 0 aliphatic rings. The van der Waals surface area contributed by atoms with E-state index in [2.05, 4.69) is 20.3 Å². The van der Waals surface area contributed by atoms with Crippen LogP contribution >= 0.6 is 7.37 Å². The smallest absolute Gasteiger partial charge is 0.303 e. The van der Waals surface area contributed by atoms with Gasteiger partial charge in [-0.05, 0) is 49.4 Å². The van der Waals surface area contributed by atoms with Gasteiger partial charge in [-0.15, -0.1) is 0 Å². The van der Waals surface area contributed by atoms with Crippen LogP contribution in [0.5, 0.6) is 0 Å². The number of benzene rings is 1. The van der Waals surface area contributed by atoms with E-state index in [4.69, 9.17) is 15.4 Å². The Kier molecular flexibility index (Phi) is 7.90. The maximum absolute atomic E-state index is 12.8. The molecule has 0 radical (unpaired) electrons. The van der Waals surface area contributed by atoms with Gasteiger partial charge in [-0.25, -0.2) is 0 Å². The molecule has 2 aromatic heterocycles. The van der Waals surface area contributed by atoms with Crippen molar-refractivity contribution in [2.45, 2.75) is 38.4 Å². The summed E-state index contributed by atoms with van der Waals surface area (Å²) in [5, 5.41) is 12.1. The lowest BCUT2D eigenvalue weighted by molar-refractivity contribution is -0.137. The number of hydrogen-bond acceptors (Lipinski definition) is 7. The lowest BCUT2D eigenvalue weighted by Gasteiger charge is -2.24. The van der Waals surface area contributed by atoms with Crippen molar-refractivity contribution in [3.63, 3.8) is 0 Å². The molecule has 182 valence electrons. The Labute approximate surface area is 195 Å². The van der Waals surface area contributed by atoms with Crippen LogP contribution in [0.4, 0.5) is 5.95 Å². The number of nitrogens with zero attached hydrogens (tertiary/aromatic N) is 1. The number of aryl methyl sites for hydroxylation is 2. The highest BCUT2D eigenvalue weighted by Crippen LogP contribution is 2.48. The van der Waals surface area contributed by atoms with Crippen LogP contribution < -0.4 is 16.6 Å². The Morgan fingerprint density at radius 3 is 2.62 bits per heavy atom. The molecule has 1 amide bonds. The van der Waals surface area contributed by atoms with Crippen molar-refractivity contribution in [2.24, 2.45) is 0 Å². The summed E-state index contributed by atoms with van der Waals surface area (Å²) < 4.78 is 18.1. The number of amides is 1. The van der Waals surface area contributed by atoms with E-state index >= 15 is 0 Å². The minimum atomic E-state index is -3.25. The van der Waals surface area contributed by atoms with Crippen LogP contribution in [0.1, 0.15) is 41.3 Å². The van der Waals surface area contributed by atoms with Gasteiger partial charge < -0.3 is 25.7 Å². The van der Waals surface area contributed by atoms with Gasteiger partial charge in [-0.3, -0.25) is 23.9 Å². The second-order valence-corrected chi connectivity index (χ2v) is 10.6. The van der Waals surface area contributed by atoms with Crippen LogP contribution in [0.25, 0.3) is 11.0 Å². The van der Waals surface area contributed by atoms with E-state index in [0.717, 1.165) is 11.1 Å². The molecule has 1 aromatic carbocycles.